The van der Waals surface area contributed by atoms with Crippen molar-refractivity contribution < 1.29 is 0 Å². The van der Waals surface area contributed by atoms with Crippen molar-refractivity contribution in [1.82, 2.24) is 20.2 Å². The minimum atomic E-state index is 0.443. The zero-order valence-electron chi connectivity index (χ0n) is 10.2. The summed E-state index contributed by atoms with van der Waals surface area (Å²) in [6.45, 7) is 0. The molecule has 0 aliphatic heterocycles. The van der Waals surface area contributed by atoms with Gasteiger partial charge in [0, 0.05) is 6.42 Å². The van der Waals surface area contributed by atoms with Gasteiger partial charge in [-0.2, -0.15) is 5.10 Å². The Kier molecular flexibility index (Phi) is 2.94. The molecule has 3 aromatic rings. The van der Waals surface area contributed by atoms with Crippen LogP contribution in [0.4, 0.5) is 5.82 Å². The number of nitrogens with one attached hydrogen (secondary N) is 1. The monoisotopic (exact) mass is 251 g/mol. The number of aromatic amines is 1. The average molecular weight is 251 g/mol. The molecule has 0 radical (unpaired) electrons. The summed E-state index contributed by atoms with van der Waals surface area (Å²) in [7, 11) is 0. The second-order valence-electron chi connectivity index (χ2n) is 4.17. The molecule has 0 bridgehead atoms. The first-order valence-corrected chi connectivity index (χ1v) is 5.99. The third-order valence-electron chi connectivity index (χ3n) is 2.89. The average Bonchev–Trinajstić information content (AvgIpc) is 2.83. The lowest BCUT2D eigenvalue weighted by Gasteiger charge is -1.98. The van der Waals surface area contributed by atoms with E-state index in [-0.39, 0.29) is 0 Å². The van der Waals surface area contributed by atoms with E-state index in [1.54, 1.807) is 0 Å². The molecule has 3 N–H and O–H groups in total. The standard InChI is InChI=1S/C14H13N5/c15-13-12-11(16-9-17-14(12)19-18-13)8-4-7-10-5-2-1-3-6-10/h1-7,9H,8H2,(H3,15,16,17,18,19). The topological polar surface area (TPSA) is 80.5 Å². The Balaban J connectivity index is 1.86. The number of H-pyrrole nitrogens is 1. The normalized spacial score (nSPS) is 11.4. The number of nitrogens with two attached hydrogens (primary N) is 1. The summed E-state index contributed by atoms with van der Waals surface area (Å²) >= 11 is 0. The highest BCUT2D eigenvalue weighted by Gasteiger charge is 2.08. The second-order valence-corrected chi connectivity index (χ2v) is 4.17. The summed E-state index contributed by atoms with van der Waals surface area (Å²) in [5.41, 5.74) is 8.53. The van der Waals surface area contributed by atoms with Crippen molar-refractivity contribution in [3.8, 4) is 0 Å². The largest absolute Gasteiger partial charge is 0.382 e. The summed E-state index contributed by atoms with van der Waals surface area (Å²) in [5.74, 6) is 0.443. The van der Waals surface area contributed by atoms with Gasteiger partial charge in [-0.25, -0.2) is 9.97 Å². The van der Waals surface area contributed by atoms with Crippen LogP contribution in [0.15, 0.2) is 42.7 Å². The van der Waals surface area contributed by atoms with E-state index in [9.17, 15) is 0 Å². The third-order valence-corrected chi connectivity index (χ3v) is 2.89. The van der Waals surface area contributed by atoms with Crippen LogP contribution in [0.3, 0.4) is 0 Å². The van der Waals surface area contributed by atoms with Gasteiger partial charge < -0.3 is 5.73 Å². The van der Waals surface area contributed by atoms with Crippen molar-refractivity contribution >= 4 is 22.9 Å². The molecule has 1 aromatic carbocycles. The Bertz CT molecular complexity index is 715. The molecule has 0 saturated carbocycles. The van der Waals surface area contributed by atoms with Gasteiger partial charge in [-0.3, -0.25) is 5.10 Å². The fourth-order valence-corrected chi connectivity index (χ4v) is 1.97. The number of fused-ring (bicyclic) bond motifs is 1. The molecular weight excluding hydrogens is 238 g/mol. The maximum absolute atomic E-state index is 5.81. The van der Waals surface area contributed by atoms with Gasteiger partial charge in [-0.1, -0.05) is 42.5 Å². The van der Waals surface area contributed by atoms with Crippen molar-refractivity contribution in [1.29, 1.82) is 0 Å². The van der Waals surface area contributed by atoms with E-state index in [1.165, 1.54) is 6.33 Å². The Hall–Kier alpha value is -2.69. The summed E-state index contributed by atoms with van der Waals surface area (Å²) < 4.78 is 0. The van der Waals surface area contributed by atoms with E-state index in [0.717, 1.165) is 16.6 Å². The fourth-order valence-electron chi connectivity index (χ4n) is 1.97. The van der Waals surface area contributed by atoms with E-state index in [1.807, 2.05) is 18.2 Å². The zero-order valence-corrected chi connectivity index (χ0v) is 10.2. The first kappa shape index (κ1) is 11.4. The SMILES string of the molecule is Nc1n[nH]c2ncnc(CC=Cc3ccccc3)c12. The maximum atomic E-state index is 5.81. The second kappa shape index (κ2) is 4.89. The van der Waals surface area contributed by atoms with Crippen LogP contribution in [0.2, 0.25) is 0 Å². The summed E-state index contributed by atoms with van der Waals surface area (Å²) in [6.07, 6.45) is 6.33. The number of allylic oxidation sites excluding steroid dienone is 1. The highest BCUT2D eigenvalue weighted by Crippen LogP contribution is 2.19. The Morgan fingerprint density at radius 2 is 2.00 bits per heavy atom. The van der Waals surface area contributed by atoms with Gasteiger partial charge in [0.05, 0.1) is 11.1 Å². The van der Waals surface area contributed by atoms with Crippen LogP contribution in [0.5, 0.6) is 0 Å². The van der Waals surface area contributed by atoms with Gasteiger partial charge >= 0.3 is 0 Å². The number of rotatable bonds is 3. The van der Waals surface area contributed by atoms with Crippen LogP contribution in [-0.2, 0) is 6.42 Å². The van der Waals surface area contributed by atoms with Crippen molar-refractivity contribution in [2.24, 2.45) is 0 Å². The molecule has 5 nitrogen and oxygen atoms in total. The van der Waals surface area contributed by atoms with E-state index >= 15 is 0 Å². The lowest BCUT2D eigenvalue weighted by molar-refractivity contribution is 1.07. The van der Waals surface area contributed by atoms with Gasteiger partial charge in [0.25, 0.3) is 0 Å². The van der Waals surface area contributed by atoms with Crippen LogP contribution in [0.1, 0.15) is 11.3 Å². The molecule has 2 heterocycles. The number of hydrogen-bond donors (Lipinski definition) is 2. The van der Waals surface area contributed by atoms with Crippen molar-refractivity contribution in [2.45, 2.75) is 6.42 Å². The third kappa shape index (κ3) is 2.30. The minimum Gasteiger partial charge on any atom is -0.382 e. The highest BCUT2D eigenvalue weighted by molar-refractivity contribution is 5.87. The molecule has 0 unspecified atom stereocenters. The molecule has 0 spiro atoms. The number of aromatic nitrogens is 4. The number of hydrogen-bond acceptors (Lipinski definition) is 4. The van der Waals surface area contributed by atoms with Crippen LogP contribution in [0.25, 0.3) is 17.1 Å². The number of benzene rings is 1. The quantitative estimate of drug-likeness (QED) is 0.747. The molecule has 0 amide bonds. The molecule has 3 rings (SSSR count). The van der Waals surface area contributed by atoms with E-state index < -0.39 is 0 Å². The minimum absolute atomic E-state index is 0.443. The van der Waals surface area contributed by atoms with Crippen molar-refractivity contribution in [3.63, 3.8) is 0 Å². The van der Waals surface area contributed by atoms with Gasteiger partial charge in [0.15, 0.2) is 11.5 Å². The van der Waals surface area contributed by atoms with Crippen LogP contribution in [0, 0.1) is 0 Å². The predicted molar refractivity (Wildman–Crippen MR) is 75.3 cm³/mol. The molecule has 5 heteroatoms. The number of anilines is 1. The predicted octanol–water partition coefficient (Wildman–Crippen LogP) is 2.19. The summed E-state index contributed by atoms with van der Waals surface area (Å²) in [4.78, 5) is 8.36. The van der Waals surface area contributed by atoms with Crippen molar-refractivity contribution in [3.05, 3.63) is 54.0 Å². The summed E-state index contributed by atoms with van der Waals surface area (Å²) in [6, 6.07) is 10.1. The fraction of sp³-hybridized carbons (Fsp3) is 0.0714. The molecule has 0 atom stereocenters. The van der Waals surface area contributed by atoms with Crippen molar-refractivity contribution in [2.75, 3.05) is 5.73 Å². The van der Waals surface area contributed by atoms with Gasteiger partial charge in [-0.05, 0) is 5.56 Å². The number of nitrogens with zero attached hydrogens (tertiary/aromatic N) is 3. The van der Waals surface area contributed by atoms with Gasteiger partial charge in [0.1, 0.15) is 6.33 Å². The van der Waals surface area contributed by atoms with Gasteiger partial charge in [-0.15, -0.1) is 0 Å². The van der Waals surface area contributed by atoms with Crippen LogP contribution < -0.4 is 5.73 Å². The first-order chi connectivity index (χ1) is 9.34. The lowest BCUT2D eigenvalue weighted by atomic mass is 10.1. The smallest absolute Gasteiger partial charge is 0.161 e. The zero-order chi connectivity index (χ0) is 13.1. The Morgan fingerprint density at radius 1 is 1.16 bits per heavy atom. The number of nitrogen functional groups attached to an aromatic ring is 1. The Labute approximate surface area is 110 Å². The van der Waals surface area contributed by atoms with E-state index in [4.69, 9.17) is 5.73 Å². The molecule has 0 fully saturated rings. The highest BCUT2D eigenvalue weighted by atomic mass is 15.2. The first-order valence-electron chi connectivity index (χ1n) is 5.99. The molecule has 0 aliphatic rings. The van der Waals surface area contributed by atoms with Crippen LogP contribution >= 0.6 is 0 Å². The molecule has 0 aliphatic carbocycles. The molecule has 0 saturated heterocycles. The molecular formula is C14H13N5. The Morgan fingerprint density at radius 3 is 2.84 bits per heavy atom. The lowest BCUT2D eigenvalue weighted by Crippen LogP contribution is -1.93. The molecule has 19 heavy (non-hydrogen) atoms. The summed E-state index contributed by atoms with van der Waals surface area (Å²) in [5, 5.41) is 7.54. The molecule has 94 valence electrons. The van der Waals surface area contributed by atoms with Crippen LogP contribution in [-0.4, -0.2) is 20.2 Å². The van der Waals surface area contributed by atoms with E-state index in [0.29, 0.717) is 17.9 Å². The van der Waals surface area contributed by atoms with Gasteiger partial charge in [0.2, 0.25) is 0 Å². The maximum Gasteiger partial charge on any atom is 0.161 e. The van der Waals surface area contributed by atoms with E-state index in [2.05, 4.69) is 44.5 Å². The molecule has 2 aromatic heterocycles.